The second kappa shape index (κ2) is 8.77. The standard InChI is InChI=1S/C23H23N9O2/c1-14-13-31-22(26-14)9-19(27-23(31)28-21-8-20(29-30-21)16-5-6-16)17(10-24)12-25-11-15-3-2-4-18(7-15)32(33)34/h2-4,7-10,12-13,16H,5-6,11,24H2,1H3,(H2,27,28,29,30). The van der Waals surface area contributed by atoms with Crippen LogP contribution in [-0.2, 0) is 6.54 Å². The average molecular weight is 457 g/mol. The molecule has 1 fully saturated rings. The van der Waals surface area contributed by atoms with Crippen LogP contribution in [0.1, 0.15) is 41.4 Å². The van der Waals surface area contributed by atoms with Crippen molar-refractivity contribution < 1.29 is 4.92 Å². The molecule has 0 amide bonds. The predicted molar refractivity (Wildman–Crippen MR) is 129 cm³/mol. The first-order chi connectivity index (χ1) is 16.5. The van der Waals surface area contributed by atoms with Gasteiger partial charge in [-0.2, -0.15) is 5.10 Å². The Morgan fingerprint density at radius 2 is 2.21 bits per heavy atom. The maximum Gasteiger partial charge on any atom is 0.269 e. The molecule has 5 rings (SSSR count). The third-order valence-electron chi connectivity index (χ3n) is 5.53. The minimum atomic E-state index is -0.425. The Morgan fingerprint density at radius 3 is 2.97 bits per heavy atom. The number of aromatic amines is 1. The fraction of sp³-hybridized carbons (Fsp3) is 0.217. The molecule has 0 saturated heterocycles. The molecule has 4 aromatic rings. The second-order valence-corrected chi connectivity index (χ2v) is 8.20. The number of benzene rings is 1. The minimum Gasteiger partial charge on any atom is -0.404 e. The molecule has 0 bridgehead atoms. The van der Waals surface area contributed by atoms with Crippen molar-refractivity contribution in [2.24, 2.45) is 10.7 Å². The van der Waals surface area contributed by atoms with E-state index in [1.807, 2.05) is 29.7 Å². The van der Waals surface area contributed by atoms with Crippen LogP contribution in [0.25, 0.3) is 11.2 Å². The van der Waals surface area contributed by atoms with Crippen molar-refractivity contribution in [1.29, 1.82) is 0 Å². The van der Waals surface area contributed by atoms with E-state index in [1.165, 1.54) is 31.2 Å². The Kier molecular flexibility index (Phi) is 5.50. The van der Waals surface area contributed by atoms with Crippen LogP contribution in [0.3, 0.4) is 0 Å². The fourth-order valence-electron chi connectivity index (χ4n) is 3.68. The van der Waals surface area contributed by atoms with Gasteiger partial charge in [-0.25, -0.2) is 9.97 Å². The summed E-state index contributed by atoms with van der Waals surface area (Å²) in [4.78, 5) is 24.3. The van der Waals surface area contributed by atoms with E-state index in [4.69, 9.17) is 10.7 Å². The summed E-state index contributed by atoms with van der Waals surface area (Å²) in [5.41, 5.74) is 10.5. The number of non-ortho nitro benzene ring substituents is 1. The molecule has 0 aliphatic heterocycles. The fourth-order valence-corrected chi connectivity index (χ4v) is 3.68. The number of H-pyrrole nitrogens is 1. The highest BCUT2D eigenvalue weighted by Crippen LogP contribution is 2.39. The number of anilines is 2. The van der Waals surface area contributed by atoms with E-state index in [2.05, 4.69) is 25.5 Å². The number of allylic oxidation sites excluding steroid dienone is 1. The van der Waals surface area contributed by atoms with E-state index < -0.39 is 4.92 Å². The zero-order valence-electron chi connectivity index (χ0n) is 18.5. The van der Waals surface area contributed by atoms with Crippen molar-refractivity contribution in [3.63, 3.8) is 0 Å². The van der Waals surface area contributed by atoms with E-state index in [0.717, 1.165) is 17.0 Å². The molecule has 1 aliphatic rings. The van der Waals surface area contributed by atoms with Crippen LogP contribution in [-0.4, -0.2) is 35.7 Å². The maximum atomic E-state index is 11.0. The molecule has 0 radical (unpaired) electrons. The van der Waals surface area contributed by atoms with Gasteiger partial charge in [-0.15, -0.1) is 0 Å². The number of hydrogen-bond donors (Lipinski definition) is 3. The first-order valence-electron chi connectivity index (χ1n) is 10.8. The summed E-state index contributed by atoms with van der Waals surface area (Å²) >= 11 is 0. The van der Waals surface area contributed by atoms with Crippen molar-refractivity contribution in [3.05, 3.63) is 81.6 Å². The van der Waals surface area contributed by atoms with Gasteiger partial charge in [0.2, 0.25) is 5.95 Å². The SMILES string of the molecule is Cc1cn2c(Nc3cc(C4CC4)[nH]n3)nc(C(C=NCc3cccc([N+](=O)[O-])c3)=CN)cc2n1. The molecule has 3 aromatic heterocycles. The lowest BCUT2D eigenvalue weighted by Crippen LogP contribution is -2.05. The lowest BCUT2D eigenvalue weighted by atomic mass is 10.2. The van der Waals surface area contributed by atoms with Crippen LogP contribution in [0.2, 0.25) is 0 Å². The first kappa shape index (κ1) is 21.3. The summed E-state index contributed by atoms with van der Waals surface area (Å²) in [7, 11) is 0. The molecule has 0 unspecified atom stereocenters. The van der Waals surface area contributed by atoms with Gasteiger partial charge >= 0.3 is 0 Å². The van der Waals surface area contributed by atoms with Gasteiger partial charge in [-0.05, 0) is 25.3 Å². The predicted octanol–water partition coefficient (Wildman–Crippen LogP) is 3.86. The van der Waals surface area contributed by atoms with Gasteiger partial charge in [-0.3, -0.25) is 24.6 Å². The highest BCUT2D eigenvalue weighted by Gasteiger charge is 2.25. The molecule has 11 nitrogen and oxygen atoms in total. The van der Waals surface area contributed by atoms with Gasteiger partial charge in [0.1, 0.15) is 5.65 Å². The van der Waals surface area contributed by atoms with Gasteiger partial charge in [0.05, 0.1) is 22.9 Å². The van der Waals surface area contributed by atoms with Gasteiger partial charge in [-0.1, -0.05) is 12.1 Å². The van der Waals surface area contributed by atoms with Crippen molar-refractivity contribution in [2.45, 2.75) is 32.2 Å². The molecule has 172 valence electrons. The van der Waals surface area contributed by atoms with Crippen molar-refractivity contribution >= 4 is 34.9 Å². The summed E-state index contributed by atoms with van der Waals surface area (Å²) in [5.74, 6) is 1.79. The maximum absolute atomic E-state index is 11.0. The van der Waals surface area contributed by atoms with Gasteiger partial charge in [0.25, 0.3) is 5.69 Å². The molecule has 34 heavy (non-hydrogen) atoms. The number of nitrogens with zero attached hydrogens (tertiary/aromatic N) is 6. The van der Waals surface area contributed by atoms with Crippen molar-refractivity contribution in [1.82, 2.24) is 24.6 Å². The lowest BCUT2D eigenvalue weighted by Gasteiger charge is -2.09. The van der Waals surface area contributed by atoms with Gasteiger partial charge in [0.15, 0.2) is 5.82 Å². The molecular weight excluding hydrogens is 434 g/mol. The molecule has 1 aliphatic carbocycles. The topological polar surface area (TPSA) is 152 Å². The number of nitro groups is 1. The van der Waals surface area contributed by atoms with Crippen LogP contribution in [0, 0.1) is 17.0 Å². The summed E-state index contributed by atoms with van der Waals surface area (Å²) in [5, 5.41) is 21.7. The molecule has 1 saturated carbocycles. The van der Waals surface area contributed by atoms with E-state index in [9.17, 15) is 10.1 Å². The van der Waals surface area contributed by atoms with Crippen LogP contribution >= 0.6 is 0 Å². The largest absolute Gasteiger partial charge is 0.404 e. The third-order valence-corrected chi connectivity index (χ3v) is 5.53. The first-order valence-corrected chi connectivity index (χ1v) is 10.8. The number of aliphatic imine (C=N–C) groups is 1. The number of nitrogens with two attached hydrogens (primary N) is 1. The highest BCUT2D eigenvalue weighted by atomic mass is 16.6. The Morgan fingerprint density at radius 1 is 1.35 bits per heavy atom. The molecule has 11 heteroatoms. The minimum absolute atomic E-state index is 0.0306. The zero-order valence-corrected chi connectivity index (χ0v) is 18.5. The smallest absolute Gasteiger partial charge is 0.269 e. The molecule has 3 heterocycles. The van der Waals surface area contributed by atoms with Gasteiger partial charge < -0.3 is 11.1 Å². The summed E-state index contributed by atoms with van der Waals surface area (Å²) in [6.07, 6.45) is 7.29. The Hall–Kier alpha value is -4.54. The molecule has 1 aromatic carbocycles. The number of fused-ring (bicyclic) bond motifs is 1. The molecule has 0 spiro atoms. The summed E-state index contributed by atoms with van der Waals surface area (Å²) in [6, 6.07) is 10.2. The van der Waals surface area contributed by atoms with Crippen molar-refractivity contribution in [2.75, 3.05) is 5.32 Å². The number of aryl methyl sites for hydroxylation is 1. The Balaban J connectivity index is 1.41. The summed E-state index contributed by atoms with van der Waals surface area (Å²) in [6.45, 7) is 2.18. The normalized spacial score (nSPS) is 14.2. The van der Waals surface area contributed by atoms with E-state index >= 15 is 0 Å². The molecule has 0 atom stereocenters. The van der Waals surface area contributed by atoms with Crippen LogP contribution < -0.4 is 11.1 Å². The number of hydrogen-bond acceptors (Lipinski definition) is 8. The number of nitro benzene ring substituents is 1. The molecule has 4 N–H and O–H groups in total. The molecular formula is C23H23N9O2. The highest BCUT2D eigenvalue weighted by molar-refractivity contribution is 6.09. The third kappa shape index (κ3) is 4.49. The van der Waals surface area contributed by atoms with E-state index in [1.54, 1.807) is 18.3 Å². The number of aromatic nitrogens is 5. The quantitative estimate of drug-likeness (QED) is 0.206. The van der Waals surface area contributed by atoms with Gasteiger partial charge in [0, 0.05) is 60.1 Å². The van der Waals surface area contributed by atoms with Crippen LogP contribution in [0.4, 0.5) is 17.5 Å². The second-order valence-electron chi connectivity index (χ2n) is 8.20. The number of imidazole rings is 1. The summed E-state index contributed by atoms with van der Waals surface area (Å²) < 4.78 is 1.86. The Bertz CT molecular complexity index is 1430. The van der Waals surface area contributed by atoms with Crippen LogP contribution in [0.5, 0.6) is 0 Å². The number of rotatable bonds is 8. The number of nitrogens with one attached hydrogen (secondary N) is 2. The van der Waals surface area contributed by atoms with E-state index in [0.29, 0.717) is 34.6 Å². The van der Waals surface area contributed by atoms with Crippen LogP contribution in [0.15, 0.2) is 53.8 Å². The Labute approximate surface area is 194 Å². The monoisotopic (exact) mass is 457 g/mol. The van der Waals surface area contributed by atoms with E-state index in [-0.39, 0.29) is 12.2 Å². The average Bonchev–Trinajstić information content (AvgIpc) is 3.45. The van der Waals surface area contributed by atoms with Crippen molar-refractivity contribution in [3.8, 4) is 0 Å². The lowest BCUT2D eigenvalue weighted by molar-refractivity contribution is -0.384. The zero-order chi connectivity index (χ0) is 23.7.